The highest BCUT2D eigenvalue weighted by Crippen LogP contribution is 2.23. The summed E-state index contributed by atoms with van der Waals surface area (Å²) in [5, 5.41) is 12.2. The molecule has 0 saturated carbocycles. The Labute approximate surface area is 136 Å². The number of carbonyl (C=O) groups is 2. The molecule has 2 N–H and O–H groups in total. The zero-order valence-corrected chi connectivity index (χ0v) is 14.1. The first-order valence-corrected chi connectivity index (χ1v) is 7.61. The van der Waals surface area contributed by atoms with Gasteiger partial charge in [0, 0.05) is 19.2 Å². The molecule has 2 amide bonds. The number of halogens is 1. The lowest BCUT2D eigenvalue weighted by molar-refractivity contribution is -0.116. The van der Waals surface area contributed by atoms with E-state index in [1.54, 1.807) is 32.2 Å². The molecule has 1 atom stereocenters. The van der Waals surface area contributed by atoms with Gasteiger partial charge in [0.25, 0.3) is 5.91 Å². The Morgan fingerprint density at radius 1 is 1.32 bits per heavy atom. The molecule has 1 rings (SSSR count). The number of hydrogen-bond donors (Lipinski definition) is 2. The Balaban J connectivity index is 2.95. The van der Waals surface area contributed by atoms with Gasteiger partial charge in [0.2, 0.25) is 5.91 Å². The van der Waals surface area contributed by atoms with Crippen molar-refractivity contribution in [3.8, 4) is 0 Å². The Kier molecular flexibility index (Phi) is 6.84. The van der Waals surface area contributed by atoms with Gasteiger partial charge in [0.15, 0.2) is 0 Å². The molecule has 1 aromatic rings. The number of aliphatic hydroxyl groups is 1. The number of rotatable bonds is 6. The maximum absolute atomic E-state index is 12.4. The molecule has 0 radical (unpaired) electrons. The highest BCUT2D eigenvalue weighted by atomic mass is 35.5. The predicted molar refractivity (Wildman–Crippen MR) is 88.2 cm³/mol. The first-order valence-electron chi connectivity index (χ1n) is 7.23. The lowest BCUT2D eigenvalue weighted by atomic mass is 10.1. The number of hydrogen-bond acceptors (Lipinski definition) is 3. The number of anilines is 1. The molecule has 1 aromatic carbocycles. The summed E-state index contributed by atoms with van der Waals surface area (Å²) >= 11 is 6.08. The van der Waals surface area contributed by atoms with Crippen molar-refractivity contribution in [2.24, 2.45) is 5.92 Å². The van der Waals surface area contributed by atoms with Gasteiger partial charge in [0.05, 0.1) is 23.2 Å². The van der Waals surface area contributed by atoms with Crippen LogP contribution in [-0.2, 0) is 4.79 Å². The highest BCUT2D eigenvalue weighted by Gasteiger charge is 2.20. The van der Waals surface area contributed by atoms with E-state index in [-0.39, 0.29) is 30.4 Å². The lowest BCUT2D eigenvalue weighted by Crippen LogP contribution is -2.37. The molecule has 0 fully saturated rings. The van der Waals surface area contributed by atoms with Gasteiger partial charge in [-0.25, -0.2) is 0 Å². The average Bonchev–Trinajstić information content (AvgIpc) is 2.46. The molecule has 0 aliphatic rings. The van der Waals surface area contributed by atoms with Crippen molar-refractivity contribution in [3.05, 3.63) is 28.8 Å². The van der Waals surface area contributed by atoms with Gasteiger partial charge in [0.1, 0.15) is 0 Å². The molecule has 0 heterocycles. The van der Waals surface area contributed by atoms with Gasteiger partial charge < -0.3 is 15.3 Å². The summed E-state index contributed by atoms with van der Waals surface area (Å²) in [7, 11) is 1.60. The fourth-order valence-electron chi connectivity index (χ4n) is 1.86. The van der Waals surface area contributed by atoms with Crippen LogP contribution in [0.5, 0.6) is 0 Å². The second-order valence-corrected chi connectivity index (χ2v) is 6.20. The van der Waals surface area contributed by atoms with E-state index in [1.807, 2.05) is 13.8 Å². The van der Waals surface area contributed by atoms with Crippen LogP contribution in [0.25, 0.3) is 0 Å². The van der Waals surface area contributed by atoms with E-state index in [4.69, 9.17) is 16.7 Å². The molecule has 0 saturated heterocycles. The quantitative estimate of drug-likeness (QED) is 0.844. The van der Waals surface area contributed by atoms with Crippen molar-refractivity contribution in [3.63, 3.8) is 0 Å². The third-order valence-electron chi connectivity index (χ3n) is 3.32. The summed E-state index contributed by atoms with van der Waals surface area (Å²) in [6, 6.07) is 4.48. The Morgan fingerprint density at radius 2 is 1.95 bits per heavy atom. The van der Waals surface area contributed by atoms with Crippen LogP contribution in [-0.4, -0.2) is 41.5 Å². The minimum absolute atomic E-state index is 0.104. The van der Waals surface area contributed by atoms with Crippen molar-refractivity contribution in [1.82, 2.24) is 4.90 Å². The summed E-state index contributed by atoms with van der Waals surface area (Å²) in [5.41, 5.74) is 0.829. The van der Waals surface area contributed by atoms with E-state index in [9.17, 15) is 9.59 Å². The first kappa shape index (κ1) is 18.5. The van der Waals surface area contributed by atoms with E-state index < -0.39 is 0 Å². The van der Waals surface area contributed by atoms with Gasteiger partial charge in [-0.2, -0.15) is 0 Å². The van der Waals surface area contributed by atoms with Crippen molar-refractivity contribution >= 4 is 29.1 Å². The smallest absolute Gasteiger partial charge is 0.255 e. The molecule has 0 aliphatic heterocycles. The minimum atomic E-state index is -0.317. The number of benzene rings is 1. The predicted octanol–water partition coefficient (Wildman–Crippen LogP) is 2.78. The van der Waals surface area contributed by atoms with Crippen LogP contribution in [0, 0.1) is 5.92 Å². The van der Waals surface area contributed by atoms with E-state index >= 15 is 0 Å². The molecule has 0 aliphatic carbocycles. The van der Waals surface area contributed by atoms with E-state index in [0.29, 0.717) is 22.7 Å². The fourth-order valence-corrected chi connectivity index (χ4v) is 2.06. The number of nitrogens with one attached hydrogen (secondary N) is 1. The molecular weight excluding hydrogens is 304 g/mol. The number of aliphatic hydroxyl groups excluding tert-OH is 1. The fraction of sp³-hybridized carbons (Fsp3) is 0.500. The molecule has 5 nitrogen and oxygen atoms in total. The van der Waals surface area contributed by atoms with Gasteiger partial charge in [-0.05, 0) is 31.0 Å². The van der Waals surface area contributed by atoms with Gasteiger partial charge in [-0.1, -0.05) is 25.4 Å². The zero-order valence-electron chi connectivity index (χ0n) is 13.4. The van der Waals surface area contributed by atoms with E-state index in [1.165, 1.54) is 4.90 Å². The van der Waals surface area contributed by atoms with Crippen LogP contribution in [0.4, 0.5) is 5.69 Å². The molecule has 0 spiro atoms. The van der Waals surface area contributed by atoms with Gasteiger partial charge in [-0.15, -0.1) is 0 Å². The molecule has 6 heteroatoms. The monoisotopic (exact) mass is 326 g/mol. The standard InChI is InChI=1S/C16H23ClN2O3/c1-10(2)7-15(21)18-12-5-6-14(17)13(8-12)16(22)19(4)11(3)9-20/h5-6,8,10-11,20H,7,9H2,1-4H3,(H,18,21). The van der Waals surface area contributed by atoms with Crippen LogP contribution in [0.2, 0.25) is 5.02 Å². The van der Waals surface area contributed by atoms with Crippen LogP contribution in [0.1, 0.15) is 37.6 Å². The van der Waals surface area contributed by atoms with Crippen LogP contribution in [0.3, 0.4) is 0 Å². The summed E-state index contributed by atoms with van der Waals surface area (Å²) < 4.78 is 0. The lowest BCUT2D eigenvalue weighted by Gasteiger charge is -2.24. The van der Waals surface area contributed by atoms with Crippen LogP contribution < -0.4 is 5.32 Å². The first-order chi connectivity index (χ1) is 10.3. The zero-order chi connectivity index (χ0) is 16.9. The SMILES string of the molecule is CC(C)CC(=O)Nc1ccc(Cl)c(C(=O)N(C)C(C)CO)c1. The third kappa shape index (κ3) is 5.00. The van der Waals surface area contributed by atoms with Gasteiger partial charge in [-0.3, -0.25) is 9.59 Å². The van der Waals surface area contributed by atoms with Crippen molar-refractivity contribution in [2.45, 2.75) is 33.2 Å². The molecular formula is C16H23ClN2O3. The highest BCUT2D eigenvalue weighted by molar-refractivity contribution is 6.34. The number of carbonyl (C=O) groups excluding carboxylic acids is 2. The molecule has 0 aromatic heterocycles. The topological polar surface area (TPSA) is 69.6 Å². The summed E-state index contributed by atoms with van der Waals surface area (Å²) in [5.74, 6) is -0.149. The number of amides is 2. The average molecular weight is 327 g/mol. The molecule has 0 bridgehead atoms. The third-order valence-corrected chi connectivity index (χ3v) is 3.65. The minimum Gasteiger partial charge on any atom is -0.394 e. The maximum Gasteiger partial charge on any atom is 0.255 e. The summed E-state index contributed by atoms with van der Waals surface area (Å²) in [6.45, 7) is 5.52. The van der Waals surface area contributed by atoms with Crippen LogP contribution >= 0.6 is 11.6 Å². The second-order valence-electron chi connectivity index (χ2n) is 5.79. The van der Waals surface area contributed by atoms with Gasteiger partial charge >= 0.3 is 0 Å². The van der Waals surface area contributed by atoms with Crippen molar-refractivity contribution < 1.29 is 14.7 Å². The summed E-state index contributed by atoms with van der Waals surface area (Å²) in [4.78, 5) is 25.6. The van der Waals surface area contributed by atoms with Crippen molar-refractivity contribution in [1.29, 1.82) is 0 Å². The van der Waals surface area contributed by atoms with E-state index in [0.717, 1.165) is 0 Å². The normalized spacial score (nSPS) is 12.1. The number of likely N-dealkylation sites (N-methyl/N-ethyl adjacent to an activating group) is 1. The molecule has 122 valence electrons. The second kappa shape index (κ2) is 8.15. The largest absolute Gasteiger partial charge is 0.394 e. The summed E-state index contributed by atoms with van der Waals surface area (Å²) in [6.07, 6.45) is 0.410. The van der Waals surface area contributed by atoms with Crippen LogP contribution in [0.15, 0.2) is 18.2 Å². The Morgan fingerprint density at radius 3 is 2.50 bits per heavy atom. The Bertz CT molecular complexity index is 546. The van der Waals surface area contributed by atoms with E-state index in [2.05, 4.69) is 5.32 Å². The number of nitrogens with zero attached hydrogens (tertiary/aromatic N) is 1. The maximum atomic E-state index is 12.4. The Hall–Kier alpha value is -1.59. The molecule has 1 unspecified atom stereocenters. The van der Waals surface area contributed by atoms with Crippen molar-refractivity contribution in [2.75, 3.05) is 19.0 Å². The molecule has 22 heavy (non-hydrogen) atoms.